The molecule has 0 aromatic heterocycles. The highest BCUT2D eigenvalue weighted by Crippen LogP contribution is 1.84. The molecule has 0 rings (SSSR count). The van der Waals surface area contributed by atoms with Crippen LogP contribution in [0.15, 0.2) is 0 Å². The van der Waals surface area contributed by atoms with Crippen molar-refractivity contribution in [1.29, 1.82) is 0 Å². The highest BCUT2D eigenvalue weighted by atomic mass is 16.5. The molecule has 4 heteroatoms. The lowest BCUT2D eigenvalue weighted by atomic mass is 10.2. The van der Waals surface area contributed by atoms with Crippen molar-refractivity contribution in [2.45, 2.75) is 13.3 Å². The van der Waals surface area contributed by atoms with E-state index in [1.54, 1.807) is 6.92 Å². The molecule has 0 radical (unpaired) electrons. The topological polar surface area (TPSA) is 69.4 Å². The highest BCUT2D eigenvalue weighted by molar-refractivity contribution is 6.37. The van der Waals surface area contributed by atoms with Crippen LogP contribution in [0.2, 0.25) is 0 Å². The largest absolute Gasteiger partial charge is 0.372 e. The van der Waals surface area contributed by atoms with E-state index in [-0.39, 0.29) is 18.8 Å². The number of hydrogen-bond acceptors (Lipinski definition) is 4. The molecule has 0 fully saturated rings. The Morgan fingerprint density at radius 1 is 1.36 bits per heavy atom. The summed E-state index contributed by atoms with van der Waals surface area (Å²) in [7, 11) is 0. The minimum absolute atomic E-state index is 0.135. The monoisotopic (exact) mass is 159 g/mol. The van der Waals surface area contributed by atoms with Gasteiger partial charge in [-0.3, -0.25) is 9.59 Å². The molecule has 0 aliphatic heterocycles. The van der Waals surface area contributed by atoms with E-state index in [1.165, 1.54) is 0 Å². The Morgan fingerprint density at radius 2 is 2.00 bits per heavy atom. The van der Waals surface area contributed by atoms with E-state index in [1.807, 2.05) is 0 Å². The molecule has 0 aromatic rings. The van der Waals surface area contributed by atoms with Crippen molar-refractivity contribution >= 4 is 11.6 Å². The normalized spacial score (nSPS) is 9.64. The van der Waals surface area contributed by atoms with Gasteiger partial charge in [0, 0.05) is 13.0 Å². The maximum atomic E-state index is 10.7. The number of carbonyl (C=O) groups excluding carboxylic acids is 2. The maximum absolute atomic E-state index is 10.7. The average molecular weight is 159 g/mol. The van der Waals surface area contributed by atoms with E-state index < -0.39 is 5.78 Å². The minimum Gasteiger partial charge on any atom is -0.372 e. The smallest absolute Gasteiger partial charge is 0.223 e. The van der Waals surface area contributed by atoms with E-state index in [9.17, 15) is 9.59 Å². The Kier molecular flexibility index (Phi) is 5.60. The average Bonchev–Trinajstić information content (AvgIpc) is 2.03. The van der Waals surface area contributed by atoms with Crippen LogP contribution in [0, 0.1) is 0 Å². The summed E-state index contributed by atoms with van der Waals surface area (Å²) in [6, 6.07) is 0. The number of ketones is 2. The molecule has 0 aliphatic rings. The van der Waals surface area contributed by atoms with Gasteiger partial charge in [-0.2, -0.15) is 0 Å². The maximum Gasteiger partial charge on any atom is 0.223 e. The molecule has 0 aromatic carbocycles. The van der Waals surface area contributed by atoms with Crippen molar-refractivity contribution in [2.24, 2.45) is 5.73 Å². The van der Waals surface area contributed by atoms with Crippen LogP contribution in [0.3, 0.4) is 0 Å². The first-order chi connectivity index (χ1) is 5.22. The van der Waals surface area contributed by atoms with Crippen molar-refractivity contribution in [1.82, 2.24) is 0 Å². The van der Waals surface area contributed by atoms with Crippen LogP contribution in [0.5, 0.6) is 0 Å². The molecule has 0 bridgehead atoms. The lowest BCUT2D eigenvalue weighted by Crippen LogP contribution is -2.21. The summed E-state index contributed by atoms with van der Waals surface area (Å²) < 4.78 is 4.77. The first-order valence-corrected chi connectivity index (χ1v) is 3.56. The second-order valence-electron chi connectivity index (χ2n) is 2.04. The summed E-state index contributed by atoms with van der Waals surface area (Å²) in [5.74, 6) is -0.858. The first kappa shape index (κ1) is 10.3. The molecule has 0 amide bonds. The molecule has 0 spiro atoms. The van der Waals surface area contributed by atoms with E-state index in [4.69, 9.17) is 10.5 Å². The molecular weight excluding hydrogens is 146 g/mol. The Balaban J connectivity index is 3.44. The van der Waals surface area contributed by atoms with Crippen molar-refractivity contribution in [3.8, 4) is 0 Å². The predicted octanol–water partition coefficient (Wildman–Crippen LogP) is -0.490. The van der Waals surface area contributed by atoms with Gasteiger partial charge in [0.2, 0.25) is 11.6 Å². The van der Waals surface area contributed by atoms with Crippen molar-refractivity contribution in [3.63, 3.8) is 0 Å². The zero-order valence-electron chi connectivity index (χ0n) is 6.63. The highest BCUT2D eigenvalue weighted by Gasteiger charge is 2.09. The molecule has 11 heavy (non-hydrogen) atoms. The Labute approximate surface area is 65.7 Å². The van der Waals surface area contributed by atoms with Gasteiger partial charge < -0.3 is 10.5 Å². The number of nitrogens with two attached hydrogens (primary N) is 1. The van der Waals surface area contributed by atoms with E-state index in [0.29, 0.717) is 13.2 Å². The van der Waals surface area contributed by atoms with Gasteiger partial charge >= 0.3 is 0 Å². The van der Waals surface area contributed by atoms with Crippen LogP contribution in [0.1, 0.15) is 13.3 Å². The Bertz CT molecular complexity index is 145. The van der Waals surface area contributed by atoms with Crippen molar-refractivity contribution in [2.75, 3.05) is 19.8 Å². The number of carbonyl (C=O) groups is 2. The molecule has 0 saturated carbocycles. The molecule has 0 unspecified atom stereocenters. The molecule has 0 aliphatic carbocycles. The minimum atomic E-state index is -0.471. The number of Topliss-reactive ketones (excluding diaryl/α,β-unsaturated/α-hetero) is 2. The van der Waals surface area contributed by atoms with E-state index >= 15 is 0 Å². The van der Waals surface area contributed by atoms with Crippen LogP contribution in [0.4, 0.5) is 0 Å². The zero-order valence-corrected chi connectivity index (χ0v) is 6.63. The SMILES string of the molecule is CCC(=O)C(=O)COCCN. The van der Waals surface area contributed by atoms with Gasteiger partial charge in [0.1, 0.15) is 6.61 Å². The first-order valence-electron chi connectivity index (χ1n) is 3.56. The fraction of sp³-hybridized carbons (Fsp3) is 0.714. The van der Waals surface area contributed by atoms with Gasteiger partial charge in [0.25, 0.3) is 0 Å². The molecular formula is C7H13NO3. The Morgan fingerprint density at radius 3 is 2.45 bits per heavy atom. The number of ether oxygens (including phenoxy) is 1. The molecule has 4 nitrogen and oxygen atoms in total. The predicted molar refractivity (Wildman–Crippen MR) is 40.2 cm³/mol. The van der Waals surface area contributed by atoms with Crippen molar-refractivity contribution in [3.05, 3.63) is 0 Å². The van der Waals surface area contributed by atoms with Gasteiger partial charge in [-0.15, -0.1) is 0 Å². The van der Waals surface area contributed by atoms with Gasteiger partial charge in [0.05, 0.1) is 6.61 Å². The number of hydrogen-bond donors (Lipinski definition) is 1. The van der Waals surface area contributed by atoms with Crippen LogP contribution >= 0.6 is 0 Å². The second kappa shape index (κ2) is 6.00. The van der Waals surface area contributed by atoms with Crippen LogP contribution in [-0.2, 0) is 14.3 Å². The standard InChI is InChI=1S/C7H13NO3/c1-2-6(9)7(10)5-11-4-3-8/h2-5,8H2,1H3. The third-order valence-electron chi connectivity index (χ3n) is 1.13. The quantitative estimate of drug-likeness (QED) is 0.419. The van der Waals surface area contributed by atoms with Crippen LogP contribution in [0.25, 0.3) is 0 Å². The van der Waals surface area contributed by atoms with E-state index in [2.05, 4.69) is 0 Å². The lowest BCUT2D eigenvalue weighted by Gasteiger charge is -1.98. The summed E-state index contributed by atoms with van der Waals surface area (Å²) in [5, 5.41) is 0. The third kappa shape index (κ3) is 4.64. The Hall–Kier alpha value is -0.740. The summed E-state index contributed by atoms with van der Waals surface area (Å²) in [6.45, 7) is 2.20. The third-order valence-corrected chi connectivity index (χ3v) is 1.13. The van der Waals surface area contributed by atoms with Gasteiger partial charge in [0.15, 0.2) is 0 Å². The molecule has 0 heterocycles. The number of rotatable bonds is 6. The fourth-order valence-electron chi connectivity index (χ4n) is 0.526. The molecule has 2 N–H and O–H groups in total. The second-order valence-corrected chi connectivity index (χ2v) is 2.04. The van der Waals surface area contributed by atoms with Crippen molar-refractivity contribution < 1.29 is 14.3 Å². The van der Waals surface area contributed by atoms with Gasteiger partial charge in [-0.1, -0.05) is 6.92 Å². The fourth-order valence-corrected chi connectivity index (χ4v) is 0.526. The molecule has 64 valence electrons. The van der Waals surface area contributed by atoms with Gasteiger partial charge in [-0.05, 0) is 0 Å². The zero-order chi connectivity index (χ0) is 8.69. The van der Waals surface area contributed by atoms with E-state index in [0.717, 1.165) is 0 Å². The lowest BCUT2D eigenvalue weighted by molar-refractivity contribution is -0.139. The van der Waals surface area contributed by atoms with Crippen LogP contribution < -0.4 is 5.73 Å². The molecule has 0 saturated heterocycles. The summed E-state index contributed by atoms with van der Waals surface area (Å²) in [6.07, 6.45) is 0.241. The summed E-state index contributed by atoms with van der Waals surface area (Å²) in [5.41, 5.74) is 5.10. The molecule has 0 atom stereocenters. The van der Waals surface area contributed by atoms with Gasteiger partial charge in [-0.25, -0.2) is 0 Å². The van der Waals surface area contributed by atoms with Crippen LogP contribution in [-0.4, -0.2) is 31.3 Å². The summed E-state index contributed by atoms with van der Waals surface area (Å²) in [4.78, 5) is 21.4. The summed E-state index contributed by atoms with van der Waals surface area (Å²) >= 11 is 0.